The van der Waals surface area contributed by atoms with Crippen molar-refractivity contribution >= 4 is 21.6 Å². The lowest BCUT2D eigenvalue weighted by Gasteiger charge is -2.13. The van der Waals surface area contributed by atoms with Gasteiger partial charge in [0.15, 0.2) is 0 Å². The van der Waals surface area contributed by atoms with Crippen LogP contribution in [-0.4, -0.2) is 19.8 Å². The quantitative estimate of drug-likeness (QED) is 0.902. The van der Waals surface area contributed by atoms with E-state index in [-0.39, 0.29) is 11.9 Å². The third-order valence-corrected chi connectivity index (χ3v) is 4.07. The topological polar surface area (TPSA) is 30.5 Å². The molecule has 2 aromatic rings. The molecule has 110 valence electrons. The van der Waals surface area contributed by atoms with Crippen molar-refractivity contribution in [3.8, 4) is 11.5 Å². The molecule has 1 aliphatic rings. The lowest BCUT2D eigenvalue weighted by molar-refractivity contribution is 0.246. The molecule has 0 saturated heterocycles. The Morgan fingerprint density at radius 3 is 2.95 bits per heavy atom. The number of hydrogen-bond acceptors (Lipinski definition) is 3. The first-order valence-corrected chi connectivity index (χ1v) is 7.47. The van der Waals surface area contributed by atoms with Gasteiger partial charge in [-0.1, -0.05) is 0 Å². The number of hydrogen-bond donors (Lipinski definition) is 1. The largest absolute Gasteiger partial charge is 0.496 e. The highest BCUT2D eigenvalue weighted by molar-refractivity contribution is 9.10. The smallest absolute Gasteiger partial charge is 0.133 e. The molecule has 1 atom stereocenters. The SMILES string of the molecule is COc1ccc(NCC2Cc3cc(F)ccc3O2)cc1Br. The van der Waals surface area contributed by atoms with Gasteiger partial charge < -0.3 is 14.8 Å². The Morgan fingerprint density at radius 2 is 2.19 bits per heavy atom. The fraction of sp³-hybridized carbons (Fsp3) is 0.250. The first-order valence-electron chi connectivity index (χ1n) is 6.68. The van der Waals surface area contributed by atoms with Crippen LogP contribution in [0.1, 0.15) is 5.56 Å². The van der Waals surface area contributed by atoms with Crippen LogP contribution in [0.15, 0.2) is 40.9 Å². The molecule has 3 nitrogen and oxygen atoms in total. The zero-order valence-corrected chi connectivity index (χ0v) is 13.1. The third-order valence-electron chi connectivity index (χ3n) is 3.45. The summed E-state index contributed by atoms with van der Waals surface area (Å²) in [7, 11) is 1.63. The average molecular weight is 352 g/mol. The number of halogens is 2. The normalized spacial score (nSPS) is 16.2. The molecule has 1 aliphatic heterocycles. The molecule has 0 amide bonds. The summed E-state index contributed by atoms with van der Waals surface area (Å²) in [5, 5.41) is 3.32. The van der Waals surface area contributed by atoms with Crippen molar-refractivity contribution in [1.29, 1.82) is 0 Å². The molecule has 1 N–H and O–H groups in total. The lowest BCUT2D eigenvalue weighted by Crippen LogP contribution is -2.23. The fourth-order valence-corrected chi connectivity index (χ4v) is 2.95. The predicted octanol–water partition coefficient (Wildman–Crippen LogP) is 4.01. The molecule has 0 aliphatic carbocycles. The van der Waals surface area contributed by atoms with Crippen LogP contribution in [0.3, 0.4) is 0 Å². The van der Waals surface area contributed by atoms with Gasteiger partial charge in [-0.15, -0.1) is 0 Å². The van der Waals surface area contributed by atoms with Crippen LogP contribution < -0.4 is 14.8 Å². The Kier molecular flexibility index (Phi) is 4.01. The summed E-state index contributed by atoms with van der Waals surface area (Å²) < 4.78 is 25.1. The number of ether oxygens (including phenoxy) is 2. The maximum atomic E-state index is 13.2. The number of rotatable bonds is 4. The van der Waals surface area contributed by atoms with Gasteiger partial charge in [0.1, 0.15) is 23.4 Å². The van der Waals surface area contributed by atoms with Crippen LogP contribution >= 0.6 is 15.9 Å². The van der Waals surface area contributed by atoms with Crippen molar-refractivity contribution in [2.45, 2.75) is 12.5 Å². The molecule has 0 bridgehead atoms. The van der Waals surface area contributed by atoms with Gasteiger partial charge in [0.25, 0.3) is 0 Å². The molecule has 0 aromatic heterocycles. The molecule has 0 saturated carbocycles. The highest BCUT2D eigenvalue weighted by Gasteiger charge is 2.22. The Balaban J connectivity index is 1.61. The summed E-state index contributed by atoms with van der Waals surface area (Å²) in [5.41, 5.74) is 1.91. The molecule has 0 fully saturated rings. The molecule has 1 unspecified atom stereocenters. The standard InChI is InChI=1S/C16H15BrFNO2/c1-20-16-5-3-12(8-14(16)17)19-9-13-7-10-6-11(18)2-4-15(10)21-13/h2-6,8,13,19H,7,9H2,1H3. The van der Waals surface area contributed by atoms with Crippen molar-refractivity contribution in [3.05, 3.63) is 52.3 Å². The maximum absolute atomic E-state index is 13.2. The molecule has 3 rings (SSSR count). The Bertz CT molecular complexity index is 663. The van der Waals surface area contributed by atoms with Gasteiger partial charge >= 0.3 is 0 Å². The maximum Gasteiger partial charge on any atom is 0.133 e. The zero-order valence-electron chi connectivity index (χ0n) is 11.5. The van der Waals surface area contributed by atoms with Crippen molar-refractivity contribution in [2.24, 2.45) is 0 Å². The number of nitrogens with one attached hydrogen (secondary N) is 1. The van der Waals surface area contributed by atoms with E-state index in [4.69, 9.17) is 9.47 Å². The van der Waals surface area contributed by atoms with Gasteiger partial charge in [0.05, 0.1) is 18.1 Å². The Hall–Kier alpha value is -1.75. The fourth-order valence-electron chi connectivity index (χ4n) is 2.41. The van der Waals surface area contributed by atoms with E-state index < -0.39 is 0 Å². The van der Waals surface area contributed by atoms with Crippen LogP contribution in [0.25, 0.3) is 0 Å². The summed E-state index contributed by atoms with van der Waals surface area (Å²) in [4.78, 5) is 0. The summed E-state index contributed by atoms with van der Waals surface area (Å²) in [5.74, 6) is 1.35. The van der Waals surface area contributed by atoms with Crippen LogP contribution in [0.4, 0.5) is 10.1 Å². The predicted molar refractivity (Wildman–Crippen MR) is 83.7 cm³/mol. The van der Waals surface area contributed by atoms with E-state index in [1.807, 2.05) is 18.2 Å². The van der Waals surface area contributed by atoms with Gasteiger partial charge in [-0.05, 0) is 52.3 Å². The van der Waals surface area contributed by atoms with E-state index in [1.54, 1.807) is 19.2 Å². The summed E-state index contributed by atoms with van der Waals surface area (Å²) >= 11 is 3.45. The monoisotopic (exact) mass is 351 g/mol. The van der Waals surface area contributed by atoms with Crippen LogP contribution in [-0.2, 0) is 6.42 Å². The molecule has 1 heterocycles. The van der Waals surface area contributed by atoms with E-state index in [1.165, 1.54) is 6.07 Å². The third kappa shape index (κ3) is 3.13. The zero-order chi connectivity index (χ0) is 14.8. The van der Waals surface area contributed by atoms with Gasteiger partial charge in [0.2, 0.25) is 0 Å². The summed E-state index contributed by atoms with van der Waals surface area (Å²) in [6.07, 6.45) is 0.736. The highest BCUT2D eigenvalue weighted by Crippen LogP contribution is 2.30. The van der Waals surface area contributed by atoms with E-state index in [0.29, 0.717) is 6.54 Å². The summed E-state index contributed by atoms with van der Waals surface area (Å²) in [6, 6.07) is 10.5. The minimum absolute atomic E-state index is 0.0164. The van der Waals surface area contributed by atoms with Gasteiger partial charge in [-0.25, -0.2) is 4.39 Å². The van der Waals surface area contributed by atoms with Crippen LogP contribution in [0, 0.1) is 5.82 Å². The van der Waals surface area contributed by atoms with Crippen molar-refractivity contribution in [3.63, 3.8) is 0 Å². The van der Waals surface area contributed by atoms with Crippen molar-refractivity contribution in [2.75, 3.05) is 19.0 Å². The molecule has 21 heavy (non-hydrogen) atoms. The lowest BCUT2D eigenvalue weighted by atomic mass is 10.1. The molecule has 0 spiro atoms. The molecule has 2 aromatic carbocycles. The average Bonchev–Trinajstić information content (AvgIpc) is 2.87. The van der Waals surface area contributed by atoms with Gasteiger partial charge in [-0.3, -0.25) is 0 Å². The second-order valence-corrected chi connectivity index (χ2v) is 5.78. The highest BCUT2D eigenvalue weighted by atomic mass is 79.9. The van der Waals surface area contributed by atoms with E-state index in [0.717, 1.165) is 33.6 Å². The Labute approximate surface area is 131 Å². The second kappa shape index (κ2) is 5.93. The van der Waals surface area contributed by atoms with Crippen molar-refractivity contribution in [1.82, 2.24) is 0 Å². The number of methoxy groups -OCH3 is 1. The van der Waals surface area contributed by atoms with Crippen molar-refractivity contribution < 1.29 is 13.9 Å². The molecule has 0 radical (unpaired) electrons. The number of fused-ring (bicyclic) bond motifs is 1. The van der Waals surface area contributed by atoms with Crippen LogP contribution in [0.5, 0.6) is 11.5 Å². The number of benzene rings is 2. The minimum Gasteiger partial charge on any atom is -0.496 e. The first-order chi connectivity index (χ1) is 10.2. The second-order valence-electron chi connectivity index (χ2n) is 4.93. The molecular formula is C16H15BrFNO2. The van der Waals surface area contributed by atoms with E-state index in [9.17, 15) is 4.39 Å². The van der Waals surface area contributed by atoms with Crippen LogP contribution in [0.2, 0.25) is 0 Å². The molecule has 5 heteroatoms. The van der Waals surface area contributed by atoms with E-state index >= 15 is 0 Å². The minimum atomic E-state index is -0.218. The summed E-state index contributed by atoms with van der Waals surface area (Å²) in [6.45, 7) is 0.662. The first kappa shape index (κ1) is 14.2. The van der Waals surface area contributed by atoms with E-state index in [2.05, 4.69) is 21.2 Å². The van der Waals surface area contributed by atoms with Gasteiger partial charge in [0, 0.05) is 17.7 Å². The Morgan fingerprint density at radius 1 is 1.33 bits per heavy atom. The van der Waals surface area contributed by atoms with Gasteiger partial charge in [-0.2, -0.15) is 0 Å². The molecular weight excluding hydrogens is 337 g/mol. The number of anilines is 1.